The molecule has 0 spiro atoms. The number of carbonyl (C=O) groups is 2. The lowest BCUT2D eigenvalue weighted by atomic mass is 10.1. The van der Waals surface area contributed by atoms with Crippen LogP contribution in [-0.4, -0.2) is 49.4 Å². The van der Waals surface area contributed by atoms with Gasteiger partial charge in [0, 0.05) is 12.6 Å². The molecule has 1 aliphatic heterocycles. The lowest BCUT2D eigenvalue weighted by molar-refractivity contribution is -0.895. The third-order valence-corrected chi connectivity index (χ3v) is 4.00. The van der Waals surface area contributed by atoms with Crippen molar-refractivity contribution >= 4 is 17.5 Å². The van der Waals surface area contributed by atoms with Gasteiger partial charge in [0.2, 0.25) is 5.91 Å². The number of carbonyl (C=O) groups excluding carboxylic acids is 2. The van der Waals surface area contributed by atoms with Crippen LogP contribution >= 0.6 is 0 Å². The molecule has 5 heteroatoms. The highest BCUT2D eigenvalue weighted by molar-refractivity contribution is 5.92. The van der Waals surface area contributed by atoms with Gasteiger partial charge in [0.1, 0.15) is 0 Å². The number of anilines is 1. The first-order valence-electron chi connectivity index (χ1n) is 7.57. The van der Waals surface area contributed by atoms with E-state index >= 15 is 0 Å². The number of hydrogen-bond acceptors (Lipinski definition) is 2. The van der Waals surface area contributed by atoms with Crippen LogP contribution in [0.15, 0.2) is 24.3 Å². The van der Waals surface area contributed by atoms with Crippen LogP contribution in [-0.2, 0) is 16.0 Å². The maximum Gasteiger partial charge on any atom is 0.279 e. The van der Waals surface area contributed by atoms with E-state index in [9.17, 15) is 9.59 Å². The summed E-state index contributed by atoms with van der Waals surface area (Å²) in [5.41, 5.74) is 2.06. The number of quaternary nitrogens is 1. The van der Waals surface area contributed by atoms with Crippen molar-refractivity contribution in [1.82, 2.24) is 4.90 Å². The van der Waals surface area contributed by atoms with Crippen molar-refractivity contribution in [2.75, 3.05) is 38.0 Å². The van der Waals surface area contributed by atoms with Gasteiger partial charge in [0.15, 0.2) is 6.54 Å². The van der Waals surface area contributed by atoms with E-state index in [2.05, 4.69) is 12.2 Å². The number of hydrogen-bond donors (Lipinski definition) is 2. The number of aryl methyl sites for hydroxylation is 1. The lowest BCUT2D eigenvalue weighted by Crippen LogP contribution is -3.15. The maximum absolute atomic E-state index is 12.2. The Labute approximate surface area is 125 Å². The average molecular weight is 290 g/mol. The lowest BCUT2D eigenvalue weighted by Gasteiger charge is -2.31. The summed E-state index contributed by atoms with van der Waals surface area (Å²) in [7, 11) is 0. The third-order valence-electron chi connectivity index (χ3n) is 4.00. The van der Waals surface area contributed by atoms with Crippen molar-refractivity contribution in [1.29, 1.82) is 0 Å². The summed E-state index contributed by atoms with van der Waals surface area (Å²) in [6.07, 6.45) is 0.903. The molecule has 21 heavy (non-hydrogen) atoms. The number of amides is 2. The highest BCUT2D eigenvalue weighted by atomic mass is 16.2. The van der Waals surface area contributed by atoms with Gasteiger partial charge in [-0.05, 0) is 18.1 Å². The van der Waals surface area contributed by atoms with Gasteiger partial charge in [-0.2, -0.15) is 0 Å². The van der Waals surface area contributed by atoms with E-state index in [1.807, 2.05) is 29.2 Å². The van der Waals surface area contributed by atoms with E-state index in [0.29, 0.717) is 6.54 Å². The summed E-state index contributed by atoms with van der Waals surface area (Å²) in [5.74, 6) is 0.164. The minimum absolute atomic E-state index is 0.0437. The van der Waals surface area contributed by atoms with Crippen LogP contribution in [0.5, 0.6) is 0 Å². The van der Waals surface area contributed by atoms with Crippen molar-refractivity contribution < 1.29 is 14.5 Å². The molecular formula is C16H24N3O2+. The second-order valence-corrected chi connectivity index (χ2v) is 5.49. The molecule has 0 unspecified atom stereocenters. The SMILES string of the molecule is CCc1ccccc1NC(=O)C[NH+]1CCN(C(C)=O)CC1. The van der Waals surface area contributed by atoms with E-state index in [4.69, 9.17) is 0 Å². The second-order valence-electron chi connectivity index (χ2n) is 5.49. The first-order valence-corrected chi connectivity index (χ1v) is 7.57. The minimum Gasteiger partial charge on any atom is -0.332 e. The second kappa shape index (κ2) is 7.22. The Balaban J connectivity index is 1.84. The molecule has 0 radical (unpaired) electrons. The summed E-state index contributed by atoms with van der Waals surface area (Å²) < 4.78 is 0. The highest BCUT2D eigenvalue weighted by Crippen LogP contribution is 2.14. The Kier molecular flexibility index (Phi) is 5.33. The molecule has 1 aromatic carbocycles. The van der Waals surface area contributed by atoms with Crippen LogP contribution in [0.3, 0.4) is 0 Å². The maximum atomic E-state index is 12.2. The fourth-order valence-electron chi connectivity index (χ4n) is 2.69. The number of benzene rings is 1. The van der Waals surface area contributed by atoms with E-state index in [1.54, 1.807) is 6.92 Å². The molecule has 0 atom stereocenters. The standard InChI is InChI=1S/C16H23N3O2/c1-3-14-6-4-5-7-15(14)17-16(21)12-18-8-10-19(11-9-18)13(2)20/h4-7H,3,8-12H2,1-2H3,(H,17,21)/p+1. The number of para-hydroxylation sites is 1. The van der Waals surface area contributed by atoms with E-state index < -0.39 is 0 Å². The number of nitrogens with zero attached hydrogens (tertiary/aromatic N) is 1. The fourth-order valence-corrected chi connectivity index (χ4v) is 2.69. The van der Waals surface area contributed by atoms with Gasteiger partial charge < -0.3 is 15.1 Å². The molecule has 2 N–H and O–H groups in total. The number of rotatable bonds is 4. The molecule has 2 amide bonds. The number of nitrogens with one attached hydrogen (secondary N) is 2. The Morgan fingerprint density at radius 3 is 2.52 bits per heavy atom. The largest absolute Gasteiger partial charge is 0.332 e. The zero-order valence-corrected chi connectivity index (χ0v) is 12.8. The van der Waals surface area contributed by atoms with Crippen LogP contribution < -0.4 is 10.2 Å². The average Bonchev–Trinajstić information content (AvgIpc) is 2.48. The minimum atomic E-state index is 0.0437. The molecule has 0 aliphatic carbocycles. The van der Waals surface area contributed by atoms with Crippen molar-refractivity contribution in [3.05, 3.63) is 29.8 Å². The van der Waals surface area contributed by atoms with Crippen molar-refractivity contribution in [2.24, 2.45) is 0 Å². The van der Waals surface area contributed by atoms with Crippen molar-refractivity contribution in [2.45, 2.75) is 20.3 Å². The summed E-state index contributed by atoms with van der Waals surface area (Å²) in [6, 6.07) is 7.90. The van der Waals surface area contributed by atoms with Crippen LogP contribution in [0.2, 0.25) is 0 Å². The van der Waals surface area contributed by atoms with Gasteiger partial charge in [0.05, 0.1) is 26.2 Å². The summed E-state index contributed by atoms with van der Waals surface area (Å²) in [6.45, 7) is 7.29. The van der Waals surface area contributed by atoms with Crippen molar-refractivity contribution in [3.63, 3.8) is 0 Å². The molecule has 1 aromatic rings. The van der Waals surface area contributed by atoms with Gasteiger partial charge in [0.25, 0.3) is 5.91 Å². The molecule has 1 aliphatic rings. The first-order chi connectivity index (χ1) is 10.1. The Hall–Kier alpha value is -1.88. The molecule has 1 fully saturated rings. The van der Waals surface area contributed by atoms with Gasteiger partial charge >= 0.3 is 0 Å². The highest BCUT2D eigenvalue weighted by Gasteiger charge is 2.23. The molecule has 0 aromatic heterocycles. The van der Waals surface area contributed by atoms with Crippen LogP contribution in [0, 0.1) is 0 Å². The molecule has 0 bridgehead atoms. The van der Waals surface area contributed by atoms with Gasteiger partial charge in [-0.3, -0.25) is 9.59 Å². The third kappa shape index (κ3) is 4.29. The Morgan fingerprint density at radius 1 is 1.24 bits per heavy atom. The first kappa shape index (κ1) is 15.5. The zero-order valence-electron chi connectivity index (χ0n) is 12.8. The van der Waals surface area contributed by atoms with Crippen LogP contribution in [0.1, 0.15) is 19.4 Å². The zero-order chi connectivity index (χ0) is 15.2. The smallest absolute Gasteiger partial charge is 0.279 e. The monoisotopic (exact) mass is 290 g/mol. The molecule has 114 valence electrons. The van der Waals surface area contributed by atoms with E-state index in [-0.39, 0.29) is 11.8 Å². The quantitative estimate of drug-likeness (QED) is 0.816. The predicted octanol–water partition coefficient (Wildman–Crippen LogP) is -0.0655. The number of piperazine rings is 1. The Bertz CT molecular complexity index is 508. The molecule has 0 saturated carbocycles. The molecular weight excluding hydrogens is 266 g/mol. The summed E-state index contributed by atoms with van der Waals surface area (Å²) in [4.78, 5) is 26.5. The van der Waals surface area contributed by atoms with Crippen molar-refractivity contribution in [3.8, 4) is 0 Å². The van der Waals surface area contributed by atoms with E-state index in [1.165, 1.54) is 4.90 Å². The molecule has 2 rings (SSSR count). The topological polar surface area (TPSA) is 53.9 Å². The normalized spacial score (nSPS) is 15.8. The molecule has 1 saturated heterocycles. The summed E-state index contributed by atoms with van der Waals surface area (Å²) in [5, 5.41) is 3.00. The molecule has 1 heterocycles. The summed E-state index contributed by atoms with van der Waals surface area (Å²) >= 11 is 0. The predicted molar refractivity (Wildman–Crippen MR) is 82.3 cm³/mol. The van der Waals surface area contributed by atoms with Crippen LogP contribution in [0.25, 0.3) is 0 Å². The van der Waals surface area contributed by atoms with Gasteiger partial charge in [-0.25, -0.2) is 0 Å². The Morgan fingerprint density at radius 2 is 1.90 bits per heavy atom. The van der Waals surface area contributed by atoms with Crippen LogP contribution in [0.4, 0.5) is 5.69 Å². The van der Waals surface area contributed by atoms with Gasteiger partial charge in [-0.15, -0.1) is 0 Å². The van der Waals surface area contributed by atoms with E-state index in [0.717, 1.165) is 43.9 Å². The van der Waals surface area contributed by atoms with Gasteiger partial charge in [-0.1, -0.05) is 25.1 Å². The fraction of sp³-hybridized carbons (Fsp3) is 0.500. The molecule has 5 nitrogen and oxygen atoms in total.